The van der Waals surface area contributed by atoms with Crippen molar-refractivity contribution in [1.82, 2.24) is 19.1 Å². The normalized spacial score (nSPS) is 12.6. The van der Waals surface area contributed by atoms with Crippen LogP contribution in [0.2, 0.25) is 0 Å². The Balaban J connectivity index is 1.02. The highest BCUT2D eigenvalue weighted by Crippen LogP contribution is 2.41. The molecular formula is C59H53N5O2. The number of hydrogen-bond acceptors (Lipinski definition) is 4. The Bertz CT molecular complexity index is 3660. The molecule has 0 aliphatic carbocycles. The van der Waals surface area contributed by atoms with E-state index in [-0.39, 0.29) is 16.2 Å². The zero-order chi connectivity index (χ0) is 45.7. The van der Waals surface area contributed by atoms with E-state index in [1.807, 2.05) is 36.7 Å². The lowest BCUT2D eigenvalue weighted by molar-refractivity contribution is -0.572. The Labute approximate surface area is 385 Å². The third kappa shape index (κ3) is 7.10. The maximum atomic E-state index is 6.75. The Kier molecular flexibility index (Phi) is 9.38. The predicted molar refractivity (Wildman–Crippen MR) is 269 cm³/mol. The molecule has 326 valence electrons. The fourth-order valence-electron chi connectivity index (χ4n) is 9.23. The maximum absolute atomic E-state index is 6.75. The van der Waals surface area contributed by atoms with Crippen molar-refractivity contribution in [2.75, 3.05) is 0 Å². The summed E-state index contributed by atoms with van der Waals surface area (Å²) in [6, 6.07) is 49.4. The molecule has 66 heavy (non-hydrogen) atoms. The van der Waals surface area contributed by atoms with Crippen LogP contribution in [0.5, 0.6) is 11.5 Å². The largest absolute Gasteiger partial charge is 0.456 e. The van der Waals surface area contributed by atoms with Gasteiger partial charge in [-0.1, -0.05) is 135 Å². The molecule has 0 amide bonds. The van der Waals surface area contributed by atoms with Crippen molar-refractivity contribution >= 4 is 54.8 Å². The van der Waals surface area contributed by atoms with E-state index in [0.717, 1.165) is 83.1 Å². The summed E-state index contributed by atoms with van der Waals surface area (Å²) in [6.07, 6.45) is 9.25. The minimum atomic E-state index is -0.0608. The lowest BCUT2D eigenvalue weighted by Crippen LogP contribution is -2.31. The molecule has 0 unspecified atom stereocenters. The summed E-state index contributed by atoms with van der Waals surface area (Å²) in [5, 5.41) is 4.43. The topological polar surface area (TPSA) is 61.9 Å². The second kappa shape index (κ2) is 15.0. The summed E-state index contributed by atoms with van der Waals surface area (Å²) in [5.41, 5.74) is 13.6. The molecule has 0 bridgehead atoms. The lowest BCUT2D eigenvalue weighted by Gasteiger charge is -2.26. The van der Waals surface area contributed by atoms with Crippen LogP contribution >= 0.6 is 0 Å². The van der Waals surface area contributed by atoms with Gasteiger partial charge in [-0.15, -0.1) is 0 Å². The van der Waals surface area contributed by atoms with Crippen molar-refractivity contribution < 1.29 is 13.7 Å². The first-order valence-corrected chi connectivity index (χ1v) is 22.8. The number of ether oxygens (including phenoxy) is 1. The van der Waals surface area contributed by atoms with Crippen molar-refractivity contribution in [3.63, 3.8) is 0 Å². The van der Waals surface area contributed by atoms with E-state index in [1.165, 1.54) is 16.7 Å². The van der Waals surface area contributed by atoms with Gasteiger partial charge in [0.05, 0.1) is 39.6 Å². The Morgan fingerprint density at radius 2 is 1.30 bits per heavy atom. The number of pyridine rings is 2. The highest BCUT2D eigenvalue weighted by atomic mass is 16.5. The smallest absolute Gasteiger partial charge is 0.269 e. The van der Waals surface area contributed by atoms with Gasteiger partial charge in [-0.2, -0.15) is 0 Å². The lowest BCUT2D eigenvalue weighted by atomic mass is 9.80. The van der Waals surface area contributed by atoms with Gasteiger partial charge in [0.1, 0.15) is 28.5 Å². The number of para-hydroxylation sites is 4. The Morgan fingerprint density at radius 3 is 2.09 bits per heavy atom. The molecule has 0 saturated carbocycles. The van der Waals surface area contributed by atoms with Gasteiger partial charge in [-0.25, -0.2) is 4.98 Å². The SMILES string of the molecule is CC(C)(C)c1cc(-[n+]2[c-]n(-c3cncc(Oc4ccc5c6cc(-c7cccc8c7oc7ccccc78)ccc6n(-c6cc(C(C)(C)C)ccn6)c5c4)c3)c3ccccc32)cc(C(C)(C)C)c1. The van der Waals surface area contributed by atoms with Gasteiger partial charge < -0.3 is 9.15 Å². The highest BCUT2D eigenvalue weighted by Gasteiger charge is 2.24. The second-order valence-electron chi connectivity index (χ2n) is 20.7. The van der Waals surface area contributed by atoms with E-state index in [2.05, 4.69) is 198 Å². The number of aromatic nitrogens is 5. The van der Waals surface area contributed by atoms with Crippen molar-refractivity contribution in [2.24, 2.45) is 0 Å². The van der Waals surface area contributed by atoms with E-state index >= 15 is 0 Å². The monoisotopic (exact) mass is 863 g/mol. The summed E-state index contributed by atoms with van der Waals surface area (Å²) in [4.78, 5) is 9.68. The highest BCUT2D eigenvalue weighted by molar-refractivity contribution is 6.13. The summed E-state index contributed by atoms with van der Waals surface area (Å²) < 4.78 is 19.8. The first kappa shape index (κ1) is 41.2. The Hall–Kier alpha value is -7.51. The molecule has 11 aromatic rings. The number of imidazole rings is 1. The molecule has 7 nitrogen and oxygen atoms in total. The Morgan fingerprint density at radius 1 is 0.561 bits per heavy atom. The van der Waals surface area contributed by atoms with Crippen LogP contribution in [0.3, 0.4) is 0 Å². The van der Waals surface area contributed by atoms with Crippen LogP contribution in [-0.4, -0.2) is 19.1 Å². The molecule has 11 rings (SSSR count). The van der Waals surface area contributed by atoms with Crippen LogP contribution in [0.15, 0.2) is 163 Å². The molecule has 7 heteroatoms. The summed E-state index contributed by atoms with van der Waals surface area (Å²) in [7, 11) is 0. The van der Waals surface area contributed by atoms with E-state index < -0.39 is 0 Å². The van der Waals surface area contributed by atoms with Crippen LogP contribution in [0.4, 0.5) is 0 Å². The fourth-order valence-corrected chi connectivity index (χ4v) is 9.23. The molecule has 0 atom stereocenters. The fraction of sp³-hybridized carbons (Fsp3) is 0.203. The van der Waals surface area contributed by atoms with Gasteiger partial charge in [-0.05, 0) is 99.2 Å². The molecule has 0 spiro atoms. The summed E-state index contributed by atoms with van der Waals surface area (Å²) in [5.74, 6) is 2.15. The molecule has 0 aliphatic rings. The predicted octanol–water partition coefficient (Wildman–Crippen LogP) is 14.8. The third-order valence-electron chi connectivity index (χ3n) is 13.0. The maximum Gasteiger partial charge on any atom is 0.269 e. The molecule has 5 aromatic heterocycles. The zero-order valence-electron chi connectivity index (χ0n) is 39.1. The van der Waals surface area contributed by atoms with Gasteiger partial charge >= 0.3 is 0 Å². The van der Waals surface area contributed by atoms with Crippen LogP contribution in [0.25, 0.3) is 83.1 Å². The second-order valence-corrected chi connectivity index (χ2v) is 20.7. The average Bonchev–Trinajstić information content (AvgIpc) is 3.98. The minimum absolute atomic E-state index is 0.0246. The molecule has 5 heterocycles. The van der Waals surface area contributed by atoms with Crippen molar-refractivity contribution in [2.45, 2.75) is 78.6 Å². The quantitative estimate of drug-likeness (QED) is 0.123. The average molecular weight is 864 g/mol. The first-order chi connectivity index (χ1) is 31.6. The molecule has 0 aliphatic heterocycles. The van der Waals surface area contributed by atoms with Crippen molar-refractivity contribution in [3.05, 3.63) is 181 Å². The number of rotatable bonds is 6. The summed E-state index contributed by atoms with van der Waals surface area (Å²) >= 11 is 0. The van der Waals surface area contributed by atoms with E-state index in [4.69, 9.17) is 19.1 Å². The molecule has 0 radical (unpaired) electrons. The molecular weight excluding hydrogens is 811 g/mol. The van der Waals surface area contributed by atoms with Gasteiger partial charge in [0.15, 0.2) is 0 Å². The number of nitrogens with zero attached hydrogens (tertiary/aromatic N) is 5. The van der Waals surface area contributed by atoms with Gasteiger partial charge in [0, 0.05) is 45.6 Å². The van der Waals surface area contributed by atoms with Crippen LogP contribution in [0.1, 0.15) is 79.0 Å². The number of furan rings is 1. The van der Waals surface area contributed by atoms with Crippen LogP contribution in [0, 0.1) is 6.33 Å². The summed E-state index contributed by atoms with van der Waals surface area (Å²) in [6.45, 7) is 20.3. The minimum Gasteiger partial charge on any atom is -0.456 e. The van der Waals surface area contributed by atoms with Gasteiger partial charge in [-0.3, -0.25) is 18.7 Å². The third-order valence-corrected chi connectivity index (χ3v) is 13.0. The molecule has 0 saturated heterocycles. The van der Waals surface area contributed by atoms with Crippen molar-refractivity contribution in [3.8, 4) is 39.8 Å². The number of benzene rings is 6. The van der Waals surface area contributed by atoms with Gasteiger partial charge in [0.25, 0.3) is 6.33 Å². The van der Waals surface area contributed by atoms with E-state index in [1.54, 1.807) is 6.20 Å². The number of fused-ring (bicyclic) bond motifs is 7. The zero-order valence-corrected chi connectivity index (χ0v) is 39.1. The first-order valence-electron chi connectivity index (χ1n) is 22.8. The standard InChI is InChI=1S/C59H53N5O2/c1-57(2,3)38-25-26-61-55(31-38)64-50-24-21-37(45-16-14-17-48-47-15-10-13-20-54(47)66-56(45)48)27-49(50)46-23-22-43(33-53(46)64)65-44-32-42(34-60-35-44)63-36-62(51-18-11-12-19-52(51)63)41-29-39(58(4,5)6)28-40(30-41)59(7,8)9/h10-35H,1-9H3. The van der Waals surface area contributed by atoms with Gasteiger partial charge in [0.2, 0.25) is 0 Å². The van der Waals surface area contributed by atoms with E-state index in [9.17, 15) is 0 Å². The number of hydrogen-bond donors (Lipinski definition) is 0. The van der Waals surface area contributed by atoms with Crippen LogP contribution < -0.4 is 9.30 Å². The van der Waals surface area contributed by atoms with Crippen molar-refractivity contribution in [1.29, 1.82) is 0 Å². The van der Waals surface area contributed by atoms with Crippen LogP contribution in [-0.2, 0) is 16.2 Å². The molecule has 6 aromatic carbocycles. The molecule has 0 N–H and O–H groups in total. The molecule has 0 fully saturated rings. The van der Waals surface area contributed by atoms with E-state index in [0.29, 0.717) is 11.5 Å².